The third-order valence-corrected chi connectivity index (χ3v) is 5.95. The number of nitriles is 1. The summed E-state index contributed by atoms with van der Waals surface area (Å²) in [5.41, 5.74) is -0.217. The third-order valence-electron chi connectivity index (χ3n) is 5.70. The van der Waals surface area contributed by atoms with Gasteiger partial charge in [-0.25, -0.2) is 0 Å². The first-order chi connectivity index (χ1) is 12.0. The smallest absolute Gasteiger partial charge is 0.244 e. The predicted molar refractivity (Wildman–Crippen MR) is 92.8 cm³/mol. The van der Waals surface area contributed by atoms with Crippen molar-refractivity contribution >= 4 is 23.4 Å². The highest BCUT2D eigenvalue weighted by molar-refractivity contribution is 6.30. The Labute approximate surface area is 151 Å². The predicted octanol–water partition coefficient (Wildman–Crippen LogP) is 2.53. The lowest BCUT2D eigenvalue weighted by molar-refractivity contribution is -0.140. The topological polar surface area (TPSA) is 73.2 Å². The summed E-state index contributed by atoms with van der Waals surface area (Å²) in [6, 6.07) is 9.16. The maximum absolute atomic E-state index is 13.2. The molecule has 2 saturated carbocycles. The molecule has 3 fully saturated rings. The van der Waals surface area contributed by atoms with Crippen molar-refractivity contribution in [1.29, 1.82) is 5.26 Å². The third kappa shape index (κ3) is 2.79. The molecule has 1 atom stereocenters. The van der Waals surface area contributed by atoms with Gasteiger partial charge in [-0.3, -0.25) is 9.59 Å². The van der Waals surface area contributed by atoms with Crippen molar-refractivity contribution in [2.24, 2.45) is 0 Å². The van der Waals surface area contributed by atoms with Crippen LogP contribution in [-0.4, -0.2) is 34.8 Å². The Hall–Kier alpha value is -2.06. The number of hydrogen-bond donors (Lipinski definition) is 1. The van der Waals surface area contributed by atoms with E-state index in [0.717, 1.165) is 24.8 Å². The van der Waals surface area contributed by atoms with Gasteiger partial charge in [0.2, 0.25) is 11.8 Å². The Kier molecular flexibility index (Phi) is 3.77. The molecule has 5 nitrogen and oxygen atoms in total. The van der Waals surface area contributed by atoms with Crippen molar-refractivity contribution in [1.82, 2.24) is 10.2 Å². The Balaban J connectivity index is 1.52. The van der Waals surface area contributed by atoms with Crippen LogP contribution in [0.5, 0.6) is 0 Å². The quantitative estimate of drug-likeness (QED) is 0.899. The van der Waals surface area contributed by atoms with Gasteiger partial charge >= 0.3 is 0 Å². The number of amides is 2. The van der Waals surface area contributed by atoms with E-state index in [1.165, 1.54) is 0 Å². The molecule has 1 saturated heterocycles. The first-order valence-electron chi connectivity index (χ1n) is 8.80. The maximum atomic E-state index is 13.2. The van der Waals surface area contributed by atoms with Crippen LogP contribution < -0.4 is 5.32 Å². The molecule has 1 aliphatic heterocycles. The Morgan fingerprint density at radius 1 is 1.20 bits per heavy atom. The number of hydrogen-bond acceptors (Lipinski definition) is 3. The van der Waals surface area contributed by atoms with E-state index in [2.05, 4.69) is 11.4 Å². The van der Waals surface area contributed by atoms with Gasteiger partial charge in [-0.05, 0) is 56.2 Å². The van der Waals surface area contributed by atoms with Crippen LogP contribution in [0.15, 0.2) is 24.3 Å². The van der Waals surface area contributed by atoms with E-state index in [-0.39, 0.29) is 11.8 Å². The Bertz CT molecular complexity index is 760. The van der Waals surface area contributed by atoms with Gasteiger partial charge in [-0.15, -0.1) is 0 Å². The highest BCUT2D eigenvalue weighted by atomic mass is 35.5. The lowest BCUT2D eigenvalue weighted by Crippen LogP contribution is -2.51. The normalized spacial score (nSPS) is 25.1. The average molecular weight is 358 g/mol. The van der Waals surface area contributed by atoms with Crippen LogP contribution in [0.1, 0.15) is 44.1 Å². The first-order valence-corrected chi connectivity index (χ1v) is 9.18. The molecule has 1 aromatic rings. The summed E-state index contributed by atoms with van der Waals surface area (Å²) in [5, 5.41) is 12.7. The molecule has 6 heteroatoms. The SMILES string of the molecule is N#CC1(NC(=O)[C@@H]2CCCN2C(=O)C2(c3ccc(Cl)cc3)CC2)CC1. The number of nitrogens with zero attached hydrogens (tertiary/aromatic N) is 2. The highest BCUT2D eigenvalue weighted by Gasteiger charge is 2.55. The van der Waals surface area contributed by atoms with Crippen LogP contribution in [0.2, 0.25) is 5.02 Å². The van der Waals surface area contributed by atoms with Crippen molar-refractivity contribution in [2.75, 3.05) is 6.54 Å². The molecule has 4 rings (SSSR count). The number of carbonyl (C=O) groups is 2. The van der Waals surface area contributed by atoms with Crippen LogP contribution in [-0.2, 0) is 15.0 Å². The van der Waals surface area contributed by atoms with Crippen molar-refractivity contribution in [2.45, 2.75) is 55.5 Å². The molecule has 2 aliphatic carbocycles. The number of benzene rings is 1. The molecule has 3 aliphatic rings. The molecule has 2 amide bonds. The molecule has 0 unspecified atom stereocenters. The fourth-order valence-electron chi connectivity index (χ4n) is 3.79. The number of likely N-dealkylation sites (tertiary alicyclic amines) is 1. The zero-order chi connectivity index (χ0) is 17.7. The van der Waals surface area contributed by atoms with E-state index in [9.17, 15) is 14.9 Å². The molecule has 1 N–H and O–H groups in total. The van der Waals surface area contributed by atoms with Gasteiger partial charge in [0, 0.05) is 11.6 Å². The van der Waals surface area contributed by atoms with Crippen molar-refractivity contribution < 1.29 is 9.59 Å². The van der Waals surface area contributed by atoms with Crippen molar-refractivity contribution in [3.05, 3.63) is 34.9 Å². The second kappa shape index (κ2) is 5.74. The lowest BCUT2D eigenvalue weighted by atomic mass is 9.94. The zero-order valence-electron chi connectivity index (χ0n) is 13.9. The van der Waals surface area contributed by atoms with Gasteiger partial charge in [-0.1, -0.05) is 23.7 Å². The minimum atomic E-state index is -0.693. The van der Waals surface area contributed by atoms with Crippen LogP contribution in [0, 0.1) is 11.3 Å². The standard InChI is InChI=1S/C19H20ClN3O2/c20-14-5-3-13(4-6-14)19(9-10-19)17(25)23-11-1-2-15(23)16(24)22-18(12-21)7-8-18/h3-6,15H,1-2,7-11H2,(H,22,24)/t15-/m0/s1. The molecule has 0 bridgehead atoms. The molecular weight excluding hydrogens is 338 g/mol. The van der Waals surface area contributed by atoms with Crippen LogP contribution in [0.3, 0.4) is 0 Å². The van der Waals surface area contributed by atoms with Gasteiger partial charge in [0.05, 0.1) is 11.5 Å². The summed E-state index contributed by atoms with van der Waals surface area (Å²) in [6.45, 7) is 0.603. The minimum absolute atomic E-state index is 0.0364. The van der Waals surface area contributed by atoms with E-state index in [0.29, 0.717) is 30.8 Å². The van der Waals surface area contributed by atoms with Gasteiger partial charge in [0.15, 0.2) is 0 Å². The fourth-order valence-corrected chi connectivity index (χ4v) is 3.91. The summed E-state index contributed by atoms with van der Waals surface area (Å²) in [7, 11) is 0. The molecule has 1 heterocycles. The Morgan fingerprint density at radius 3 is 2.44 bits per heavy atom. The van der Waals surface area contributed by atoms with Crippen molar-refractivity contribution in [3.63, 3.8) is 0 Å². The zero-order valence-corrected chi connectivity index (χ0v) is 14.7. The second-order valence-corrected chi connectivity index (χ2v) is 7.87. The first kappa shape index (κ1) is 16.4. The number of nitrogens with one attached hydrogen (secondary N) is 1. The summed E-state index contributed by atoms with van der Waals surface area (Å²) in [4.78, 5) is 27.6. The van der Waals surface area contributed by atoms with Crippen LogP contribution in [0.4, 0.5) is 0 Å². The van der Waals surface area contributed by atoms with E-state index in [1.54, 1.807) is 4.90 Å². The molecular formula is C19H20ClN3O2. The summed E-state index contributed by atoms with van der Waals surface area (Å²) in [5.74, 6) is -0.147. The Morgan fingerprint density at radius 2 is 1.88 bits per heavy atom. The van der Waals surface area contributed by atoms with Gasteiger partial charge < -0.3 is 10.2 Å². The molecule has 0 radical (unpaired) electrons. The van der Waals surface area contributed by atoms with Gasteiger partial charge in [-0.2, -0.15) is 5.26 Å². The molecule has 1 aromatic carbocycles. The second-order valence-electron chi connectivity index (χ2n) is 7.43. The molecule has 0 aromatic heterocycles. The molecule has 25 heavy (non-hydrogen) atoms. The number of halogens is 1. The number of carbonyl (C=O) groups excluding carboxylic acids is 2. The number of rotatable bonds is 4. The summed E-state index contributed by atoms with van der Waals surface area (Å²) in [6.07, 6.45) is 4.49. The lowest BCUT2D eigenvalue weighted by Gasteiger charge is -2.29. The summed E-state index contributed by atoms with van der Waals surface area (Å²) >= 11 is 5.96. The maximum Gasteiger partial charge on any atom is 0.244 e. The van der Waals surface area contributed by atoms with Gasteiger partial charge in [0.1, 0.15) is 11.6 Å². The highest BCUT2D eigenvalue weighted by Crippen LogP contribution is 2.50. The minimum Gasteiger partial charge on any atom is -0.336 e. The van der Waals surface area contributed by atoms with Crippen molar-refractivity contribution in [3.8, 4) is 6.07 Å². The fraction of sp³-hybridized carbons (Fsp3) is 0.526. The molecule has 0 spiro atoms. The van der Waals surface area contributed by atoms with E-state index < -0.39 is 17.0 Å². The molecule has 130 valence electrons. The monoisotopic (exact) mass is 357 g/mol. The van der Waals surface area contributed by atoms with E-state index in [4.69, 9.17) is 11.6 Å². The summed E-state index contributed by atoms with van der Waals surface area (Å²) < 4.78 is 0. The largest absolute Gasteiger partial charge is 0.336 e. The van der Waals surface area contributed by atoms with Crippen LogP contribution >= 0.6 is 11.6 Å². The average Bonchev–Trinajstić information content (AvgIpc) is 3.52. The van der Waals surface area contributed by atoms with Gasteiger partial charge in [0.25, 0.3) is 0 Å². The van der Waals surface area contributed by atoms with E-state index in [1.807, 2.05) is 24.3 Å². The van der Waals surface area contributed by atoms with Crippen LogP contribution in [0.25, 0.3) is 0 Å². The van der Waals surface area contributed by atoms with E-state index >= 15 is 0 Å².